The molecule has 3 amide bonds. The highest BCUT2D eigenvalue weighted by Gasteiger charge is 2.29. The topological polar surface area (TPSA) is 108 Å². The lowest BCUT2D eigenvalue weighted by Crippen LogP contribution is -2.29. The first-order chi connectivity index (χ1) is 13.9. The van der Waals surface area contributed by atoms with Crippen molar-refractivity contribution in [3.8, 4) is 0 Å². The van der Waals surface area contributed by atoms with Gasteiger partial charge in [-0.2, -0.15) is 0 Å². The van der Waals surface area contributed by atoms with Crippen LogP contribution in [-0.4, -0.2) is 23.0 Å². The van der Waals surface area contributed by atoms with Gasteiger partial charge in [0.2, 0.25) is 5.91 Å². The van der Waals surface area contributed by atoms with Gasteiger partial charge in [-0.1, -0.05) is 24.3 Å². The Balaban J connectivity index is 1.59. The molecule has 0 aromatic heterocycles. The van der Waals surface area contributed by atoms with Crippen LogP contribution in [0.4, 0.5) is 21.9 Å². The van der Waals surface area contributed by atoms with E-state index in [0.29, 0.717) is 42.7 Å². The van der Waals surface area contributed by atoms with Crippen LogP contribution in [0.3, 0.4) is 0 Å². The number of rotatable bonds is 5. The third-order valence-corrected chi connectivity index (χ3v) is 5.23. The van der Waals surface area contributed by atoms with Gasteiger partial charge in [0.05, 0.1) is 5.92 Å². The molecule has 0 heterocycles. The Morgan fingerprint density at radius 3 is 2.10 bits per heavy atom. The predicted molar refractivity (Wildman–Crippen MR) is 112 cm³/mol. The van der Waals surface area contributed by atoms with Crippen molar-refractivity contribution in [1.29, 1.82) is 0 Å². The molecule has 0 atom stereocenters. The first-order valence-corrected chi connectivity index (χ1v) is 9.70. The molecule has 4 N–H and O–H groups in total. The van der Waals surface area contributed by atoms with E-state index >= 15 is 0 Å². The van der Waals surface area contributed by atoms with Gasteiger partial charge in [-0.25, -0.2) is 4.79 Å². The van der Waals surface area contributed by atoms with Crippen molar-refractivity contribution in [2.45, 2.75) is 32.6 Å². The predicted octanol–water partition coefficient (Wildman–Crippen LogP) is 4.47. The Bertz CT molecular complexity index is 890. The molecule has 7 heteroatoms. The minimum absolute atomic E-state index is 0.108. The smallest absolute Gasteiger partial charge is 0.323 e. The molecular formula is C22H25N3O4. The van der Waals surface area contributed by atoms with Crippen molar-refractivity contribution in [3.05, 3.63) is 54.1 Å². The van der Waals surface area contributed by atoms with Gasteiger partial charge in [0.1, 0.15) is 0 Å². The minimum Gasteiger partial charge on any atom is -0.481 e. The summed E-state index contributed by atoms with van der Waals surface area (Å²) in [6, 6.07) is 14.1. The second-order valence-corrected chi connectivity index (χ2v) is 7.35. The number of amides is 3. The second kappa shape index (κ2) is 9.23. The van der Waals surface area contributed by atoms with E-state index in [1.54, 1.807) is 24.3 Å². The van der Waals surface area contributed by atoms with Gasteiger partial charge in [-0.3, -0.25) is 9.59 Å². The number of para-hydroxylation sites is 1. The summed E-state index contributed by atoms with van der Waals surface area (Å²) in [4.78, 5) is 35.9. The van der Waals surface area contributed by atoms with E-state index in [0.717, 1.165) is 5.56 Å². The van der Waals surface area contributed by atoms with Crippen molar-refractivity contribution in [2.24, 2.45) is 11.8 Å². The molecule has 0 aliphatic heterocycles. The fourth-order valence-corrected chi connectivity index (χ4v) is 3.49. The Hall–Kier alpha value is -3.35. The molecule has 0 bridgehead atoms. The third-order valence-electron chi connectivity index (χ3n) is 5.23. The average Bonchev–Trinajstić information content (AvgIpc) is 2.71. The lowest BCUT2D eigenvalue weighted by Gasteiger charge is -2.25. The summed E-state index contributed by atoms with van der Waals surface area (Å²) in [5.41, 5.74) is 2.76. The normalized spacial score (nSPS) is 18.5. The summed E-state index contributed by atoms with van der Waals surface area (Å²) in [5, 5.41) is 17.5. The summed E-state index contributed by atoms with van der Waals surface area (Å²) < 4.78 is 0. The largest absolute Gasteiger partial charge is 0.481 e. The van der Waals surface area contributed by atoms with Crippen molar-refractivity contribution >= 4 is 35.0 Å². The molecule has 2 aromatic carbocycles. The van der Waals surface area contributed by atoms with Crippen LogP contribution in [0, 0.1) is 18.8 Å². The van der Waals surface area contributed by atoms with Crippen LogP contribution >= 0.6 is 0 Å². The van der Waals surface area contributed by atoms with Crippen LogP contribution in [0.5, 0.6) is 0 Å². The highest BCUT2D eigenvalue weighted by molar-refractivity contribution is 6.00. The Labute approximate surface area is 169 Å². The van der Waals surface area contributed by atoms with Gasteiger partial charge >= 0.3 is 12.0 Å². The van der Waals surface area contributed by atoms with Crippen LogP contribution in [0.1, 0.15) is 31.2 Å². The number of anilines is 3. The fraction of sp³-hybridized carbons (Fsp3) is 0.318. The lowest BCUT2D eigenvalue weighted by atomic mass is 9.81. The number of carbonyl (C=O) groups is 3. The molecular weight excluding hydrogens is 370 g/mol. The van der Waals surface area contributed by atoms with E-state index < -0.39 is 5.97 Å². The highest BCUT2D eigenvalue weighted by atomic mass is 16.4. The Kier molecular flexibility index (Phi) is 6.49. The molecule has 3 rings (SSSR count). The molecule has 2 aromatic rings. The maximum absolute atomic E-state index is 12.6. The van der Waals surface area contributed by atoms with Crippen molar-refractivity contribution < 1.29 is 19.5 Å². The fourth-order valence-electron chi connectivity index (χ4n) is 3.49. The van der Waals surface area contributed by atoms with Crippen LogP contribution < -0.4 is 16.0 Å². The van der Waals surface area contributed by atoms with E-state index in [4.69, 9.17) is 5.11 Å². The summed E-state index contributed by atoms with van der Waals surface area (Å²) in [5.74, 6) is -1.44. The molecule has 0 unspecified atom stereocenters. The maximum Gasteiger partial charge on any atom is 0.323 e. The minimum atomic E-state index is -0.785. The quantitative estimate of drug-likeness (QED) is 0.599. The Morgan fingerprint density at radius 2 is 1.45 bits per heavy atom. The van der Waals surface area contributed by atoms with E-state index in [9.17, 15) is 14.4 Å². The molecule has 1 aliphatic rings. The van der Waals surface area contributed by atoms with Gasteiger partial charge in [-0.05, 0) is 62.4 Å². The van der Waals surface area contributed by atoms with Crippen LogP contribution in [0.25, 0.3) is 0 Å². The first kappa shape index (κ1) is 20.4. The number of carboxylic acids is 1. The molecule has 1 fully saturated rings. The van der Waals surface area contributed by atoms with Gasteiger partial charge < -0.3 is 21.1 Å². The number of carbonyl (C=O) groups excluding carboxylic acids is 2. The standard InChI is InChI=1S/C22H25N3O4/c1-14-7-12-18(24-22(29)23-17-5-3-2-4-6-17)13-19(14)25-20(26)15-8-10-16(11-9-15)21(27)28/h2-7,12-13,15-16H,8-11H2,1H3,(H,25,26)(H,27,28)(H2,23,24,29). The number of benzene rings is 2. The lowest BCUT2D eigenvalue weighted by molar-refractivity contribution is -0.143. The maximum atomic E-state index is 12.6. The number of aliphatic carboxylic acids is 1. The van der Waals surface area contributed by atoms with Crippen LogP contribution in [0.2, 0.25) is 0 Å². The number of carboxylic acid groups (broad SMARTS) is 1. The van der Waals surface area contributed by atoms with E-state index in [1.165, 1.54) is 0 Å². The molecule has 1 aliphatic carbocycles. The number of nitrogens with one attached hydrogen (secondary N) is 3. The summed E-state index contributed by atoms with van der Waals surface area (Å²) in [6.07, 6.45) is 2.18. The third kappa shape index (κ3) is 5.57. The summed E-state index contributed by atoms with van der Waals surface area (Å²) >= 11 is 0. The van der Waals surface area contributed by atoms with E-state index in [-0.39, 0.29) is 23.8 Å². The number of urea groups is 1. The molecule has 152 valence electrons. The molecule has 0 spiro atoms. The first-order valence-electron chi connectivity index (χ1n) is 9.70. The zero-order chi connectivity index (χ0) is 20.8. The zero-order valence-electron chi connectivity index (χ0n) is 16.3. The van der Waals surface area contributed by atoms with Gasteiger partial charge in [0.25, 0.3) is 0 Å². The monoisotopic (exact) mass is 395 g/mol. The zero-order valence-corrected chi connectivity index (χ0v) is 16.3. The van der Waals surface area contributed by atoms with Crippen LogP contribution in [-0.2, 0) is 9.59 Å². The van der Waals surface area contributed by atoms with Crippen LogP contribution in [0.15, 0.2) is 48.5 Å². The molecule has 0 radical (unpaired) electrons. The van der Waals surface area contributed by atoms with Crippen molar-refractivity contribution in [2.75, 3.05) is 16.0 Å². The SMILES string of the molecule is Cc1ccc(NC(=O)Nc2ccccc2)cc1NC(=O)C1CCC(C(=O)O)CC1. The van der Waals surface area contributed by atoms with E-state index in [1.807, 2.05) is 31.2 Å². The number of aryl methyl sites for hydroxylation is 1. The molecule has 7 nitrogen and oxygen atoms in total. The van der Waals surface area contributed by atoms with Gasteiger partial charge in [-0.15, -0.1) is 0 Å². The van der Waals surface area contributed by atoms with Gasteiger partial charge in [0.15, 0.2) is 0 Å². The Morgan fingerprint density at radius 1 is 0.828 bits per heavy atom. The van der Waals surface area contributed by atoms with E-state index in [2.05, 4.69) is 16.0 Å². The second-order valence-electron chi connectivity index (χ2n) is 7.35. The molecule has 29 heavy (non-hydrogen) atoms. The summed E-state index contributed by atoms with van der Waals surface area (Å²) in [6.45, 7) is 1.88. The average molecular weight is 395 g/mol. The number of hydrogen-bond donors (Lipinski definition) is 4. The van der Waals surface area contributed by atoms with Gasteiger partial charge in [0, 0.05) is 23.0 Å². The molecule has 1 saturated carbocycles. The van der Waals surface area contributed by atoms with Crippen molar-refractivity contribution in [3.63, 3.8) is 0 Å². The highest BCUT2D eigenvalue weighted by Crippen LogP contribution is 2.30. The molecule has 0 saturated heterocycles. The summed E-state index contributed by atoms with van der Waals surface area (Å²) in [7, 11) is 0. The van der Waals surface area contributed by atoms with Crippen molar-refractivity contribution in [1.82, 2.24) is 0 Å². The number of hydrogen-bond acceptors (Lipinski definition) is 3.